The minimum Gasteiger partial charge on any atom is -0.236 e. The molecule has 0 radical (unpaired) electrons. The van der Waals surface area contributed by atoms with Gasteiger partial charge in [-0.25, -0.2) is 29.9 Å². The van der Waals surface area contributed by atoms with Crippen molar-refractivity contribution in [3.05, 3.63) is 231 Å². The van der Waals surface area contributed by atoms with Gasteiger partial charge in [0.1, 0.15) is 0 Å². The maximum absolute atomic E-state index is 5.18. The largest absolute Gasteiger partial charge is 0.236 e. The van der Waals surface area contributed by atoms with Crippen molar-refractivity contribution < 1.29 is 0 Å². The van der Waals surface area contributed by atoms with Crippen LogP contribution in [0.5, 0.6) is 0 Å². The van der Waals surface area contributed by atoms with Crippen molar-refractivity contribution in [2.24, 2.45) is 0 Å². The second-order valence-electron chi connectivity index (χ2n) is 14.5. The van der Waals surface area contributed by atoms with E-state index in [1.54, 1.807) is 0 Å². The maximum atomic E-state index is 5.18. The quantitative estimate of drug-likeness (QED) is 0.153. The van der Waals surface area contributed by atoms with Gasteiger partial charge in [0.2, 0.25) is 0 Å². The monoisotopic (exact) mass is 784 g/mol. The third-order valence-electron chi connectivity index (χ3n) is 10.3. The molecule has 0 N–H and O–H groups in total. The predicted octanol–water partition coefficient (Wildman–Crippen LogP) is 13.4. The van der Waals surface area contributed by atoms with Crippen molar-refractivity contribution >= 4 is 0 Å². The molecule has 0 bridgehead atoms. The third-order valence-corrected chi connectivity index (χ3v) is 10.3. The van der Waals surface area contributed by atoms with E-state index in [4.69, 9.17) is 9.97 Å². The Bertz CT molecular complexity index is 2990. The van der Waals surface area contributed by atoms with Gasteiger partial charge in [-0.1, -0.05) is 188 Å². The molecule has 0 aliphatic rings. The molecule has 290 valence electrons. The number of hydrogen-bond donors (Lipinski definition) is 0. The van der Waals surface area contributed by atoms with Crippen molar-refractivity contribution in [1.29, 1.82) is 0 Å². The van der Waals surface area contributed by atoms with Crippen molar-refractivity contribution in [3.63, 3.8) is 0 Å². The van der Waals surface area contributed by atoms with Crippen LogP contribution in [0.2, 0.25) is 0 Å². The van der Waals surface area contributed by atoms with Gasteiger partial charge in [-0.15, -0.1) is 0 Å². The van der Waals surface area contributed by atoms with Crippen molar-refractivity contribution in [1.82, 2.24) is 29.9 Å². The van der Waals surface area contributed by atoms with E-state index >= 15 is 0 Å². The highest BCUT2D eigenvalue weighted by atomic mass is 14.9. The summed E-state index contributed by atoms with van der Waals surface area (Å²) >= 11 is 0. The number of nitrogens with zero attached hydrogens (tertiary/aromatic N) is 6. The van der Waals surface area contributed by atoms with Crippen LogP contribution in [0.3, 0.4) is 0 Å². The molecule has 61 heavy (non-hydrogen) atoms. The molecule has 3 heterocycles. The lowest BCUT2D eigenvalue weighted by atomic mass is 9.93. The average molecular weight is 785 g/mol. The van der Waals surface area contributed by atoms with E-state index in [2.05, 4.69) is 135 Å². The van der Waals surface area contributed by atoms with E-state index < -0.39 is 0 Å². The summed E-state index contributed by atoms with van der Waals surface area (Å²) in [5, 5.41) is 0. The molecule has 6 heteroatoms. The van der Waals surface area contributed by atoms with Crippen LogP contribution in [0, 0.1) is 6.92 Å². The molecule has 6 nitrogen and oxygen atoms in total. The van der Waals surface area contributed by atoms with Crippen LogP contribution in [0.1, 0.15) is 5.56 Å². The summed E-state index contributed by atoms with van der Waals surface area (Å²) in [6.07, 6.45) is 7.45. The molecule has 0 aliphatic carbocycles. The van der Waals surface area contributed by atoms with Crippen LogP contribution in [0.4, 0.5) is 0 Å². The van der Waals surface area contributed by atoms with Crippen molar-refractivity contribution in [2.45, 2.75) is 6.92 Å². The minimum absolute atomic E-state index is 0.685. The van der Waals surface area contributed by atoms with Crippen molar-refractivity contribution in [2.75, 3.05) is 0 Å². The molecule has 0 unspecified atom stereocenters. The SMILES string of the molecule is Cc1cnc(-c2ccccc2)nc1.c1ccc(-c2ncc(-c3cccc(-c4ccccc4-c4cc(-c5ccccc5-c5ccccc5)nc(-c5ccccc5)n4)c3)cn2)cc1. The predicted molar refractivity (Wildman–Crippen MR) is 248 cm³/mol. The van der Waals surface area contributed by atoms with Crippen LogP contribution in [0.25, 0.3) is 90.1 Å². The normalized spacial score (nSPS) is 10.7. The molecule has 10 aromatic rings. The molecule has 0 aliphatic heterocycles. The first-order chi connectivity index (χ1) is 30.2. The first-order valence-electron chi connectivity index (χ1n) is 20.2. The fraction of sp³-hybridized carbons (Fsp3) is 0.0182. The Kier molecular flexibility index (Phi) is 11.4. The fourth-order valence-corrected chi connectivity index (χ4v) is 7.18. The van der Waals surface area contributed by atoms with Gasteiger partial charge in [0, 0.05) is 58.2 Å². The van der Waals surface area contributed by atoms with Gasteiger partial charge in [0.05, 0.1) is 11.4 Å². The number of benzene rings is 7. The Morgan fingerprint density at radius 3 is 1.11 bits per heavy atom. The summed E-state index contributed by atoms with van der Waals surface area (Å²) < 4.78 is 0. The lowest BCUT2D eigenvalue weighted by molar-refractivity contribution is 1.14. The molecule has 3 aromatic heterocycles. The van der Waals surface area contributed by atoms with E-state index in [1.165, 1.54) is 0 Å². The summed E-state index contributed by atoms with van der Waals surface area (Å²) in [5.41, 5.74) is 14.4. The van der Waals surface area contributed by atoms with Crippen molar-refractivity contribution in [3.8, 4) is 90.1 Å². The molecule has 0 saturated carbocycles. The van der Waals surface area contributed by atoms with E-state index in [1.807, 2.05) is 117 Å². The molecule has 10 rings (SSSR count). The average Bonchev–Trinajstić information content (AvgIpc) is 3.35. The Balaban J connectivity index is 0.000000312. The smallest absolute Gasteiger partial charge is 0.160 e. The highest BCUT2D eigenvalue weighted by molar-refractivity contribution is 5.88. The minimum atomic E-state index is 0.685. The summed E-state index contributed by atoms with van der Waals surface area (Å²) in [5.74, 6) is 2.18. The van der Waals surface area contributed by atoms with Crippen LogP contribution < -0.4 is 0 Å². The van der Waals surface area contributed by atoms with Gasteiger partial charge >= 0.3 is 0 Å². The fourth-order valence-electron chi connectivity index (χ4n) is 7.18. The van der Waals surface area contributed by atoms with Crippen LogP contribution in [-0.4, -0.2) is 29.9 Å². The number of hydrogen-bond acceptors (Lipinski definition) is 6. The Hall–Kier alpha value is -8.22. The summed E-state index contributed by atoms with van der Waals surface area (Å²) in [7, 11) is 0. The van der Waals surface area contributed by atoms with Gasteiger partial charge in [-0.3, -0.25) is 0 Å². The van der Waals surface area contributed by atoms with Crippen LogP contribution in [-0.2, 0) is 0 Å². The lowest BCUT2D eigenvalue weighted by Gasteiger charge is -2.15. The Morgan fingerprint density at radius 2 is 0.623 bits per heavy atom. The number of rotatable bonds is 8. The zero-order valence-electron chi connectivity index (χ0n) is 33.5. The van der Waals surface area contributed by atoms with E-state index in [9.17, 15) is 0 Å². The van der Waals surface area contributed by atoms with E-state index in [-0.39, 0.29) is 0 Å². The molecular weight excluding hydrogens is 745 g/mol. The molecular formula is C55H40N6. The van der Waals surface area contributed by atoms with Gasteiger partial charge in [0.15, 0.2) is 17.5 Å². The second-order valence-corrected chi connectivity index (χ2v) is 14.5. The molecule has 0 spiro atoms. The Labute approximate surface area is 356 Å². The topological polar surface area (TPSA) is 77.3 Å². The van der Waals surface area contributed by atoms with E-state index in [0.29, 0.717) is 11.6 Å². The number of aromatic nitrogens is 6. The highest BCUT2D eigenvalue weighted by Gasteiger charge is 2.17. The summed E-state index contributed by atoms with van der Waals surface area (Å²) in [6, 6.07) is 68.2. The summed E-state index contributed by atoms with van der Waals surface area (Å²) in [6.45, 7) is 1.98. The van der Waals surface area contributed by atoms with E-state index in [0.717, 1.165) is 84.0 Å². The van der Waals surface area contributed by atoms with Crippen LogP contribution >= 0.6 is 0 Å². The first kappa shape index (κ1) is 38.3. The zero-order valence-corrected chi connectivity index (χ0v) is 33.5. The van der Waals surface area contributed by atoms with Crippen LogP contribution in [0.15, 0.2) is 225 Å². The van der Waals surface area contributed by atoms with Gasteiger partial charge in [-0.2, -0.15) is 0 Å². The molecule has 0 fully saturated rings. The highest BCUT2D eigenvalue weighted by Crippen LogP contribution is 2.38. The molecule has 7 aromatic carbocycles. The van der Waals surface area contributed by atoms with Gasteiger partial charge < -0.3 is 0 Å². The standard InChI is InChI=1S/C44H30N4.C11H10N2/c1-4-15-31(16-5-1)37-23-10-12-25-39(37)41-28-42(48-44(47-41)33-19-8-3-9-20-33)40-26-13-11-24-38(40)35-22-14-21-34(27-35)36-29-45-43(46-30-36)32-17-6-2-7-18-32;1-9-7-12-11(13-8-9)10-5-3-2-4-6-10/h1-30H;2-8H,1H3. The van der Waals surface area contributed by atoms with Gasteiger partial charge in [-0.05, 0) is 52.4 Å². The molecule has 0 atom stereocenters. The number of aryl methyl sites for hydroxylation is 1. The molecule has 0 amide bonds. The first-order valence-corrected chi connectivity index (χ1v) is 20.2. The second kappa shape index (κ2) is 18.1. The third kappa shape index (κ3) is 8.94. The van der Waals surface area contributed by atoms with Gasteiger partial charge in [0.25, 0.3) is 0 Å². The molecule has 0 saturated heterocycles. The Morgan fingerprint density at radius 1 is 0.262 bits per heavy atom. The lowest BCUT2D eigenvalue weighted by Crippen LogP contribution is -1.98. The zero-order chi connectivity index (χ0) is 41.2. The summed E-state index contributed by atoms with van der Waals surface area (Å²) in [4.78, 5) is 28.1. The maximum Gasteiger partial charge on any atom is 0.160 e.